The summed E-state index contributed by atoms with van der Waals surface area (Å²) >= 11 is 0. The highest BCUT2D eigenvalue weighted by atomic mass is 16.5. The Labute approximate surface area is 188 Å². The maximum Gasteiger partial charge on any atom is 0.231 e. The lowest BCUT2D eigenvalue weighted by Crippen LogP contribution is -2.31. The number of hydrogen-bond donors (Lipinski definition) is 0. The monoisotopic (exact) mass is 426 g/mol. The largest absolute Gasteiger partial charge is 0.496 e. The van der Waals surface area contributed by atoms with E-state index < -0.39 is 0 Å². The van der Waals surface area contributed by atoms with E-state index in [-0.39, 0.29) is 12.3 Å². The number of para-hydroxylation sites is 1. The molecule has 0 atom stereocenters. The third-order valence-electron chi connectivity index (χ3n) is 5.34. The summed E-state index contributed by atoms with van der Waals surface area (Å²) in [5.74, 6) is 1.51. The van der Waals surface area contributed by atoms with E-state index in [9.17, 15) is 4.79 Å². The molecule has 32 heavy (non-hydrogen) atoms. The molecule has 0 spiro atoms. The van der Waals surface area contributed by atoms with Crippen LogP contribution in [0.15, 0.2) is 91.6 Å². The van der Waals surface area contributed by atoms with Gasteiger partial charge in [-0.1, -0.05) is 43.0 Å². The molecule has 1 aliphatic heterocycles. The first-order valence-electron chi connectivity index (χ1n) is 10.6. The van der Waals surface area contributed by atoms with Crippen LogP contribution in [0.1, 0.15) is 17.8 Å². The van der Waals surface area contributed by atoms with Crippen LogP contribution < -0.4 is 4.74 Å². The van der Waals surface area contributed by atoms with Gasteiger partial charge in [0.2, 0.25) is 5.91 Å². The normalized spacial score (nSPS) is 16.0. The van der Waals surface area contributed by atoms with Crippen molar-refractivity contribution in [2.45, 2.75) is 25.9 Å². The van der Waals surface area contributed by atoms with Crippen LogP contribution in [-0.4, -0.2) is 32.5 Å². The number of benzene rings is 1. The molecule has 1 aliphatic rings. The number of carbonyl (C=O) groups excluding carboxylic acids is 1. The van der Waals surface area contributed by atoms with Crippen molar-refractivity contribution in [3.05, 3.63) is 103 Å². The van der Waals surface area contributed by atoms with Gasteiger partial charge in [0.15, 0.2) is 0 Å². The number of imidazole rings is 1. The van der Waals surface area contributed by atoms with Gasteiger partial charge in [-0.2, -0.15) is 0 Å². The Morgan fingerprint density at radius 2 is 2.06 bits per heavy atom. The van der Waals surface area contributed by atoms with Crippen molar-refractivity contribution < 1.29 is 9.53 Å². The fourth-order valence-electron chi connectivity index (χ4n) is 3.67. The molecule has 0 saturated carbocycles. The molecule has 1 aromatic carbocycles. The van der Waals surface area contributed by atoms with Crippen molar-refractivity contribution in [1.82, 2.24) is 19.4 Å². The minimum Gasteiger partial charge on any atom is -0.496 e. The molecule has 162 valence electrons. The average molecular weight is 427 g/mol. The van der Waals surface area contributed by atoms with E-state index in [0.29, 0.717) is 12.2 Å². The van der Waals surface area contributed by atoms with Crippen molar-refractivity contribution in [3.8, 4) is 17.0 Å². The van der Waals surface area contributed by atoms with Gasteiger partial charge >= 0.3 is 0 Å². The number of rotatable bonds is 4. The van der Waals surface area contributed by atoms with Crippen molar-refractivity contribution in [2.24, 2.45) is 0 Å². The molecule has 0 N–H and O–H groups in total. The van der Waals surface area contributed by atoms with E-state index in [1.807, 2.05) is 60.8 Å². The third-order valence-corrected chi connectivity index (χ3v) is 5.34. The average Bonchev–Trinajstić information content (AvgIpc) is 3.21. The van der Waals surface area contributed by atoms with Crippen molar-refractivity contribution in [2.75, 3.05) is 7.11 Å². The number of allylic oxidation sites excluding steroid dienone is 4. The summed E-state index contributed by atoms with van der Waals surface area (Å²) in [7, 11) is 1.66. The number of carbonyl (C=O) groups is 1. The molecule has 0 bridgehead atoms. The van der Waals surface area contributed by atoms with E-state index in [2.05, 4.69) is 22.2 Å². The highest BCUT2D eigenvalue weighted by Crippen LogP contribution is 2.29. The molecule has 4 rings (SSSR count). The van der Waals surface area contributed by atoms with Gasteiger partial charge in [0, 0.05) is 36.4 Å². The number of ether oxygens (including phenoxy) is 1. The van der Waals surface area contributed by atoms with Crippen LogP contribution in [0.3, 0.4) is 0 Å². The first kappa shape index (κ1) is 21.3. The number of pyridine rings is 1. The van der Waals surface area contributed by atoms with E-state index in [0.717, 1.165) is 41.4 Å². The molecule has 0 unspecified atom stereocenters. The Hall–Kier alpha value is -3.93. The second kappa shape index (κ2) is 9.92. The highest BCUT2D eigenvalue weighted by molar-refractivity contribution is 5.80. The van der Waals surface area contributed by atoms with E-state index in [1.165, 1.54) is 0 Å². The van der Waals surface area contributed by atoms with E-state index in [1.54, 1.807) is 24.4 Å². The zero-order valence-electron chi connectivity index (χ0n) is 18.1. The number of amides is 1. The molecule has 6 nitrogen and oxygen atoms in total. The predicted molar refractivity (Wildman–Crippen MR) is 125 cm³/mol. The summed E-state index contributed by atoms with van der Waals surface area (Å²) in [6.45, 7) is 5.23. The van der Waals surface area contributed by atoms with Crippen LogP contribution in [0, 0.1) is 0 Å². The van der Waals surface area contributed by atoms with Crippen molar-refractivity contribution in [3.63, 3.8) is 0 Å². The van der Waals surface area contributed by atoms with Crippen LogP contribution in [0.2, 0.25) is 0 Å². The zero-order chi connectivity index (χ0) is 22.3. The van der Waals surface area contributed by atoms with Crippen LogP contribution in [0.5, 0.6) is 5.75 Å². The molecule has 0 fully saturated rings. The summed E-state index contributed by atoms with van der Waals surface area (Å²) in [6, 6.07) is 11.6. The van der Waals surface area contributed by atoms with Crippen molar-refractivity contribution in [1.29, 1.82) is 0 Å². The summed E-state index contributed by atoms with van der Waals surface area (Å²) in [5.41, 5.74) is 3.23. The van der Waals surface area contributed by atoms with Crippen LogP contribution in [-0.2, 0) is 24.3 Å². The molecule has 6 heteroatoms. The fraction of sp³-hybridized carbons (Fsp3) is 0.192. The number of methoxy groups -OCH3 is 1. The van der Waals surface area contributed by atoms with Gasteiger partial charge in [-0.3, -0.25) is 9.78 Å². The third kappa shape index (κ3) is 4.86. The lowest BCUT2D eigenvalue weighted by molar-refractivity contribution is -0.129. The fourth-order valence-corrected chi connectivity index (χ4v) is 3.67. The van der Waals surface area contributed by atoms with Crippen LogP contribution >= 0.6 is 0 Å². The van der Waals surface area contributed by atoms with Gasteiger partial charge in [0.05, 0.1) is 25.8 Å². The predicted octanol–water partition coefficient (Wildman–Crippen LogP) is 4.55. The van der Waals surface area contributed by atoms with Crippen LogP contribution in [0.4, 0.5) is 0 Å². The minimum atomic E-state index is -0.0516. The SMILES string of the molecule is C=C1/C=C\C=C/CCn2cc(-c3ccccc3OC)nc2CN1C(=O)Cc1cccnc1. The maximum atomic E-state index is 13.2. The molecule has 2 aromatic heterocycles. The Bertz CT molecular complexity index is 1160. The number of nitrogens with zero attached hydrogens (tertiary/aromatic N) is 4. The van der Waals surface area contributed by atoms with Crippen molar-refractivity contribution >= 4 is 5.91 Å². The van der Waals surface area contributed by atoms with Gasteiger partial charge in [-0.25, -0.2) is 4.98 Å². The quantitative estimate of drug-likeness (QED) is 0.614. The van der Waals surface area contributed by atoms with Crippen LogP contribution in [0.25, 0.3) is 11.3 Å². The Morgan fingerprint density at radius 3 is 2.88 bits per heavy atom. The van der Waals surface area contributed by atoms with Gasteiger partial charge in [0.25, 0.3) is 0 Å². The van der Waals surface area contributed by atoms with Gasteiger partial charge in [0.1, 0.15) is 11.6 Å². The van der Waals surface area contributed by atoms with E-state index in [4.69, 9.17) is 9.72 Å². The molecule has 1 amide bonds. The first-order valence-corrected chi connectivity index (χ1v) is 10.6. The molecule has 3 heterocycles. The smallest absolute Gasteiger partial charge is 0.231 e. The summed E-state index contributed by atoms with van der Waals surface area (Å²) in [6.07, 6.45) is 14.4. The lowest BCUT2D eigenvalue weighted by Gasteiger charge is -2.23. The standard InChI is InChI=1S/C26H26N4O2/c1-20-10-5-3-4-8-15-29-18-23(22-12-6-7-13-24(22)32-2)28-25(29)19-30(20)26(31)16-21-11-9-14-27-17-21/h3-7,9-14,17-18H,1,8,15-16,19H2,2H3/b4-3-,10-5-. The molecule has 3 aromatic rings. The van der Waals surface area contributed by atoms with Gasteiger partial charge < -0.3 is 14.2 Å². The Balaban J connectivity index is 1.69. The Morgan fingerprint density at radius 1 is 1.19 bits per heavy atom. The summed E-state index contributed by atoms with van der Waals surface area (Å²) in [5, 5.41) is 0. The highest BCUT2D eigenvalue weighted by Gasteiger charge is 2.21. The second-order valence-electron chi connectivity index (χ2n) is 7.52. The minimum absolute atomic E-state index is 0.0516. The Kier molecular flexibility index (Phi) is 6.60. The van der Waals surface area contributed by atoms with Gasteiger partial charge in [-0.05, 0) is 36.3 Å². The topological polar surface area (TPSA) is 60.2 Å². The number of aromatic nitrogens is 3. The summed E-state index contributed by atoms with van der Waals surface area (Å²) in [4.78, 5) is 23.9. The zero-order valence-corrected chi connectivity index (χ0v) is 18.1. The number of aryl methyl sites for hydroxylation is 1. The molecule has 0 radical (unpaired) electrons. The molecular weight excluding hydrogens is 400 g/mol. The molecule has 0 aliphatic carbocycles. The summed E-state index contributed by atoms with van der Waals surface area (Å²) < 4.78 is 7.63. The second-order valence-corrected chi connectivity index (χ2v) is 7.52. The molecule has 0 saturated heterocycles. The lowest BCUT2D eigenvalue weighted by atomic mass is 10.1. The molecular formula is C26H26N4O2. The van der Waals surface area contributed by atoms with Gasteiger partial charge in [-0.15, -0.1) is 0 Å². The number of fused-ring (bicyclic) bond motifs is 1. The first-order chi connectivity index (χ1) is 15.7. The number of hydrogen-bond acceptors (Lipinski definition) is 4. The van der Waals surface area contributed by atoms with E-state index >= 15 is 0 Å². The maximum absolute atomic E-state index is 13.2.